The number of rotatable bonds is 6. The third-order valence-corrected chi connectivity index (χ3v) is 2.02. The van der Waals surface area contributed by atoms with Gasteiger partial charge in [-0.15, -0.1) is 0 Å². The van der Waals surface area contributed by atoms with E-state index < -0.39 is 0 Å². The second-order valence-corrected chi connectivity index (χ2v) is 4.05. The van der Waals surface area contributed by atoms with E-state index in [9.17, 15) is 0 Å². The molecule has 0 saturated heterocycles. The molecular weight excluding hydrogens is 265 g/mol. The molecule has 0 fully saturated rings. The zero-order chi connectivity index (χ0) is 15.1. The normalized spacial score (nSPS) is 7.20. The summed E-state index contributed by atoms with van der Waals surface area (Å²) in [4.78, 5) is 0. The Hall–Kier alpha value is 1.53. The van der Waals surface area contributed by atoms with Crippen molar-refractivity contribution in [1.82, 2.24) is 0 Å². The Labute approximate surface area is 165 Å². The van der Waals surface area contributed by atoms with Crippen molar-refractivity contribution in [3.8, 4) is 0 Å². The van der Waals surface area contributed by atoms with Gasteiger partial charge in [-0.1, -0.05) is 53.4 Å². The molecule has 20 heavy (non-hydrogen) atoms. The molecule has 0 N–H and O–H groups in total. The summed E-state index contributed by atoms with van der Waals surface area (Å²) in [5.74, 6) is 0. The van der Waals surface area contributed by atoms with Crippen LogP contribution < -0.4 is 0 Å². The second kappa shape index (κ2) is 58.9. The average Bonchev–Trinajstić information content (AvgIpc) is 2.42. The quantitative estimate of drug-likeness (QED) is 0.388. The summed E-state index contributed by atoms with van der Waals surface area (Å²) in [5.41, 5.74) is 0. The zero-order valence-corrected chi connectivity index (χ0v) is 18.5. The summed E-state index contributed by atoms with van der Waals surface area (Å²) in [5, 5.41) is 0. The van der Waals surface area contributed by atoms with Crippen LogP contribution in [0.25, 0.3) is 0 Å². The van der Waals surface area contributed by atoms with Crippen LogP contribution in [0.1, 0.15) is 92.9 Å². The Morgan fingerprint density at radius 2 is 0.850 bits per heavy atom. The fourth-order valence-electron chi connectivity index (χ4n) is 0.500. The Morgan fingerprint density at radius 1 is 0.650 bits per heavy atom. The van der Waals surface area contributed by atoms with E-state index in [0.717, 1.165) is 12.8 Å². The van der Waals surface area contributed by atoms with Gasteiger partial charge in [-0.25, -0.2) is 0 Å². The summed E-state index contributed by atoms with van der Waals surface area (Å²) in [6.45, 7) is 20.1. The first-order valence-electron chi connectivity index (χ1n) is 7.80. The van der Waals surface area contributed by atoms with Crippen molar-refractivity contribution in [3.05, 3.63) is 26.7 Å². The Morgan fingerprint density at radius 3 is 0.850 bits per heavy atom. The Kier molecular flexibility index (Phi) is 111. The van der Waals surface area contributed by atoms with E-state index in [1.54, 1.807) is 0 Å². The van der Waals surface area contributed by atoms with Crippen molar-refractivity contribution in [1.29, 1.82) is 0 Å². The van der Waals surface area contributed by atoms with Crippen molar-refractivity contribution in [3.63, 3.8) is 0 Å². The Balaban J connectivity index is -0.0000000318. The molecule has 116 valence electrons. The minimum Gasteiger partial charge on any atom is -0.343 e. The van der Waals surface area contributed by atoms with Crippen molar-refractivity contribution in [2.75, 3.05) is 0 Å². The first-order valence-corrected chi connectivity index (χ1v) is 7.80. The van der Waals surface area contributed by atoms with Gasteiger partial charge in [0, 0.05) is 0 Å². The van der Waals surface area contributed by atoms with E-state index in [1.165, 1.54) is 38.5 Å². The smallest absolute Gasteiger partial charge is 0.343 e. The molecule has 0 saturated carbocycles. The molecule has 2 heteroatoms. The van der Waals surface area contributed by atoms with Crippen molar-refractivity contribution in [2.45, 2.75) is 92.9 Å². The molecule has 0 nitrogen and oxygen atoms in total. The van der Waals surface area contributed by atoms with E-state index >= 15 is 0 Å². The minimum atomic E-state index is 0. The largest absolute Gasteiger partial charge is 2.00 e. The predicted molar refractivity (Wildman–Crippen MR) is 102 cm³/mol. The van der Waals surface area contributed by atoms with Crippen LogP contribution in [0, 0.1) is 26.7 Å². The van der Waals surface area contributed by atoms with Crippen LogP contribution in [0.3, 0.4) is 0 Å². The molecule has 0 aromatic heterocycles. The molecule has 0 amide bonds. The van der Waals surface area contributed by atoms with Gasteiger partial charge < -0.3 is 26.7 Å². The summed E-state index contributed by atoms with van der Waals surface area (Å²) in [6, 6.07) is 0. The molecule has 0 aliphatic heterocycles. The van der Waals surface area contributed by atoms with E-state index in [0.29, 0.717) is 0 Å². The van der Waals surface area contributed by atoms with Gasteiger partial charge in [-0.2, -0.15) is 39.5 Å². The molecule has 0 radical (unpaired) electrons. The third kappa shape index (κ3) is 118. The topological polar surface area (TPSA) is 0 Å². The molecule has 0 unspecified atom stereocenters. The molecular formula is C18H40Mg2. The van der Waals surface area contributed by atoms with Gasteiger partial charge >= 0.3 is 46.1 Å². The summed E-state index contributed by atoms with van der Waals surface area (Å²) < 4.78 is 0. The summed E-state index contributed by atoms with van der Waals surface area (Å²) in [7, 11) is 0. The average molecular weight is 305 g/mol. The first-order chi connectivity index (χ1) is 8.66. The van der Waals surface area contributed by atoms with Crippen LogP contribution in [0.15, 0.2) is 0 Å². The van der Waals surface area contributed by atoms with Gasteiger partial charge in [-0.3, -0.25) is 0 Å². The van der Waals surface area contributed by atoms with E-state index in [1.807, 2.05) is 0 Å². The third-order valence-electron chi connectivity index (χ3n) is 2.02. The number of hydrogen-bond donors (Lipinski definition) is 0. The minimum absolute atomic E-state index is 0. The van der Waals surface area contributed by atoms with Crippen LogP contribution in [0.4, 0.5) is 0 Å². The molecule has 0 heterocycles. The Bertz CT molecular complexity index is 57.8. The van der Waals surface area contributed by atoms with E-state index in [4.69, 9.17) is 0 Å². The molecule has 0 aliphatic rings. The van der Waals surface area contributed by atoms with Gasteiger partial charge in [0.1, 0.15) is 0 Å². The van der Waals surface area contributed by atoms with Crippen molar-refractivity contribution in [2.24, 2.45) is 0 Å². The zero-order valence-electron chi connectivity index (χ0n) is 15.6. The molecule has 0 atom stereocenters. The summed E-state index contributed by atoms with van der Waals surface area (Å²) >= 11 is 0. The predicted octanol–water partition coefficient (Wildman–Crippen LogP) is 6.50. The van der Waals surface area contributed by atoms with Crippen LogP contribution in [0.2, 0.25) is 0 Å². The van der Waals surface area contributed by atoms with Gasteiger partial charge in [0.25, 0.3) is 0 Å². The summed E-state index contributed by atoms with van der Waals surface area (Å²) in [6.07, 6.45) is 13.9. The number of hydrogen-bond acceptors (Lipinski definition) is 0. The molecule has 0 aromatic carbocycles. The maximum absolute atomic E-state index is 3.68. The van der Waals surface area contributed by atoms with Gasteiger partial charge in [0.2, 0.25) is 0 Å². The van der Waals surface area contributed by atoms with E-state index in [-0.39, 0.29) is 46.1 Å². The molecule has 0 aromatic rings. The molecule has 0 bridgehead atoms. The molecule has 0 spiro atoms. The molecule has 0 aliphatic carbocycles. The monoisotopic (exact) mass is 304 g/mol. The van der Waals surface area contributed by atoms with Gasteiger partial charge in [0.05, 0.1) is 0 Å². The van der Waals surface area contributed by atoms with E-state index in [2.05, 4.69) is 68.2 Å². The van der Waals surface area contributed by atoms with Crippen LogP contribution >= 0.6 is 0 Å². The fraction of sp³-hybridized carbons (Fsp3) is 0.778. The van der Waals surface area contributed by atoms with Gasteiger partial charge in [-0.05, 0) is 0 Å². The van der Waals surface area contributed by atoms with Gasteiger partial charge in [0.15, 0.2) is 0 Å². The maximum atomic E-state index is 3.68. The van der Waals surface area contributed by atoms with Crippen LogP contribution in [-0.4, -0.2) is 46.1 Å². The second-order valence-electron chi connectivity index (χ2n) is 4.05. The van der Waals surface area contributed by atoms with Crippen molar-refractivity contribution >= 4 is 46.1 Å². The maximum Gasteiger partial charge on any atom is 2.00 e. The number of unbranched alkanes of at least 4 members (excludes halogenated alkanes) is 6. The van der Waals surface area contributed by atoms with Crippen molar-refractivity contribution < 1.29 is 0 Å². The first kappa shape index (κ1) is 37.6. The van der Waals surface area contributed by atoms with Crippen LogP contribution in [-0.2, 0) is 0 Å². The fourth-order valence-corrected chi connectivity index (χ4v) is 0.500. The van der Waals surface area contributed by atoms with Crippen LogP contribution in [0.5, 0.6) is 0 Å². The standard InChI is InChI=1S/2C5H11.2C4H9.2Mg/c2*1-3-5-4-2;2*1-3-4-2;;/h2*1,3-5H2,2H3;2*3H,4H2,1-2H3;;/q4*-1;2*+2. The SMILES string of the molecule is C[CH-]CC.C[CH-]CC.[CH2-]CCCC.[CH2-]CCCC.[Mg+2].[Mg+2]. The molecule has 0 rings (SSSR count).